The average molecular weight is 290 g/mol. The molecule has 0 radical (unpaired) electrons. The third-order valence-electron chi connectivity index (χ3n) is 2.41. The predicted molar refractivity (Wildman–Crippen MR) is 67.9 cm³/mol. The number of aromatic hydroxyl groups is 1. The fourth-order valence-electron chi connectivity index (χ4n) is 1.27. The minimum Gasteiger partial charge on any atom is -0.507 e. The molecule has 6 nitrogen and oxygen atoms in total. The first kappa shape index (κ1) is 15.4. The number of rotatable bonds is 5. The third-order valence-corrected chi connectivity index (χ3v) is 4.24. The third kappa shape index (κ3) is 4.18. The molecular formula is C11H15FN2O4S. The maximum atomic E-state index is 12.7. The molecule has 0 atom stereocenters. The SMILES string of the molecule is CN(C)S(=O)(=O)CCNC(=O)c1ccc(F)cc1O. The number of nitrogens with zero attached hydrogens (tertiary/aromatic N) is 1. The van der Waals surface area contributed by atoms with Gasteiger partial charge in [0.1, 0.15) is 11.6 Å². The van der Waals surface area contributed by atoms with E-state index in [9.17, 15) is 22.7 Å². The molecule has 2 N–H and O–H groups in total. The van der Waals surface area contributed by atoms with Crippen molar-refractivity contribution in [2.24, 2.45) is 0 Å². The van der Waals surface area contributed by atoms with E-state index >= 15 is 0 Å². The predicted octanol–water partition coefficient (Wildman–Crippen LogP) is 0.153. The lowest BCUT2D eigenvalue weighted by molar-refractivity contribution is 0.0953. The summed E-state index contributed by atoms with van der Waals surface area (Å²) in [6.45, 7) is -0.101. The topological polar surface area (TPSA) is 86.7 Å². The van der Waals surface area contributed by atoms with Gasteiger partial charge in [-0.25, -0.2) is 17.1 Å². The van der Waals surface area contributed by atoms with Crippen LogP contribution in [0.15, 0.2) is 18.2 Å². The van der Waals surface area contributed by atoms with Crippen LogP contribution in [0.25, 0.3) is 0 Å². The van der Waals surface area contributed by atoms with E-state index in [2.05, 4.69) is 5.32 Å². The van der Waals surface area contributed by atoms with Crippen molar-refractivity contribution < 1.29 is 22.7 Å². The second-order valence-electron chi connectivity index (χ2n) is 4.02. The Morgan fingerprint density at radius 2 is 2.05 bits per heavy atom. The zero-order valence-corrected chi connectivity index (χ0v) is 11.4. The van der Waals surface area contributed by atoms with Gasteiger partial charge in [0.15, 0.2) is 0 Å². The van der Waals surface area contributed by atoms with Crippen LogP contribution < -0.4 is 5.32 Å². The second kappa shape index (κ2) is 5.98. The van der Waals surface area contributed by atoms with Gasteiger partial charge in [0.05, 0.1) is 11.3 Å². The molecule has 0 heterocycles. The first-order valence-electron chi connectivity index (χ1n) is 5.41. The van der Waals surface area contributed by atoms with Crippen molar-refractivity contribution in [1.29, 1.82) is 0 Å². The van der Waals surface area contributed by atoms with E-state index in [4.69, 9.17) is 0 Å². The summed E-state index contributed by atoms with van der Waals surface area (Å²) in [6.07, 6.45) is 0. The monoisotopic (exact) mass is 290 g/mol. The second-order valence-corrected chi connectivity index (χ2v) is 6.32. The van der Waals surface area contributed by atoms with Crippen LogP contribution in [0.1, 0.15) is 10.4 Å². The Morgan fingerprint density at radius 3 is 2.58 bits per heavy atom. The Hall–Kier alpha value is -1.67. The van der Waals surface area contributed by atoms with Crippen LogP contribution in [-0.4, -0.2) is 50.1 Å². The molecule has 1 aromatic rings. The van der Waals surface area contributed by atoms with Crippen molar-refractivity contribution in [3.05, 3.63) is 29.6 Å². The van der Waals surface area contributed by atoms with Gasteiger partial charge in [-0.1, -0.05) is 0 Å². The molecule has 19 heavy (non-hydrogen) atoms. The molecule has 0 aliphatic rings. The molecule has 0 bridgehead atoms. The molecule has 1 aromatic carbocycles. The summed E-state index contributed by atoms with van der Waals surface area (Å²) in [4.78, 5) is 11.6. The van der Waals surface area contributed by atoms with Crippen LogP contribution in [0.5, 0.6) is 5.75 Å². The lowest BCUT2D eigenvalue weighted by Gasteiger charge is -2.11. The summed E-state index contributed by atoms with van der Waals surface area (Å²) >= 11 is 0. The van der Waals surface area contributed by atoms with Gasteiger partial charge in [-0.05, 0) is 12.1 Å². The van der Waals surface area contributed by atoms with Crippen molar-refractivity contribution in [2.75, 3.05) is 26.4 Å². The van der Waals surface area contributed by atoms with Crippen LogP contribution in [-0.2, 0) is 10.0 Å². The maximum Gasteiger partial charge on any atom is 0.255 e. The van der Waals surface area contributed by atoms with E-state index in [1.807, 2.05) is 0 Å². The number of carbonyl (C=O) groups excluding carboxylic acids is 1. The van der Waals surface area contributed by atoms with Crippen LogP contribution in [0, 0.1) is 5.82 Å². The molecule has 106 valence electrons. The van der Waals surface area contributed by atoms with Crippen LogP contribution in [0.4, 0.5) is 4.39 Å². The molecule has 0 aromatic heterocycles. The Bertz CT molecular complexity index is 572. The van der Waals surface area contributed by atoms with Crippen molar-refractivity contribution in [1.82, 2.24) is 9.62 Å². The highest BCUT2D eigenvalue weighted by atomic mass is 32.2. The largest absolute Gasteiger partial charge is 0.507 e. The number of nitrogens with one attached hydrogen (secondary N) is 1. The summed E-state index contributed by atoms with van der Waals surface area (Å²) in [6, 6.07) is 2.97. The standard InChI is InChI=1S/C11H15FN2O4S/c1-14(2)19(17,18)6-5-13-11(16)9-4-3-8(12)7-10(9)15/h3-4,7,15H,5-6H2,1-2H3,(H,13,16). The van der Waals surface area contributed by atoms with E-state index < -0.39 is 27.5 Å². The lowest BCUT2D eigenvalue weighted by Crippen LogP contribution is -2.33. The number of phenolic OH excluding ortho intramolecular Hbond substituents is 1. The Kier molecular flexibility index (Phi) is 4.84. The Balaban J connectivity index is 2.62. The quantitative estimate of drug-likeness (QED) is 0.808. The molecule has 0 unspecified atom stereocenters. The molecule has 1 rings (SSSR count). The molecule has 1 amide bonds. The summed E-state index contributed by atoms with van der Waals surface area (Å²) in [5.41, 5.74) is -0.108. The van der Waals surface area contributed by atoms with Gasteiger partial charge in [-0.15, -0.1) is 0 Å². The van der Waals surface area contributed by atoms with Gasteiger partial charge in [-0.3, -0.25) is 4.79 Å². The van der Waals surface area contributed by atoms with Gasteiger partial charge in [-0.2, -0.15) is 0 Å². The van der Waals surface area contributed by atoms with Crippen LogP contribution in [0.2, 0.25) is 0 Å². The Labute approximate surface area is 110 Å². The highest BCUT2D eigenvalue weighted by Gasteiger charge is 2.15. The average Bonchev–Trinajstić information content (AvgIpc) is 2.28. The van der Waals surface area contributed by atoms with Gasteiger partial charge < -0.3 is 10.4 Å². The zero-order valence-electron chi connectivity index (χ0n) is 10.6. The summed E-state index contributed by atoms with van der Waals surface area (Å²) in [7, 11) is -0.613. The molecule has 0 fully saturated rings. The minimum atomic E-state index is -3.40. The van der Waals surface area contributed by atoms with Gasteiger partial charge >= 0.3 is 0 Å². The van der Waals surface area contributed by atoms with Gasteiger partial charge in [0.25, 0.3) is 5.91 Å². The first-order chi connectivity index (χ1) is 8.74. The van der Waals surface area contributed by atoms with Crippen molar-refractivity contribution in [2.45, 2.75) is 0 Å². The van der Waals surface area contributed by atoms with Crippen LogP contribution in [0.3, 0.4) is 0 Å². The lowest BCUT2D eigenvalue weighted by atomic mass is 10.2. The zero-order chi connectivity index (χ0) is 14.6. The normalized spacial score (nSPS) is 11.6. The molecule has 8 heteroatoms. The number of benzene rings is 1. The molecule has 0 aliphatic carbocycles. The summed E-state index contributed by atoms with van der Waals surface area (Å²) < 4.78 is 36.7. The number of hydrogen-bond acceptors (Lipinski definition) is 4. The number of sulfonamides is 1. The number of phenols is 1. The van der Waals surface area contributed by atoms with Gasteiger partial charge in [0.2, 0.25) is 10.0 Å². The molecule has 0 saturated carbocycles. The fourth-order valence-corrected chi connectivity index (χ4v) is 1.99. The molecular weight excluding hydrogens is 275 g/mol. The fraction of sp³-hybridized carbons (Fsp3) is 0.364. The number of amides is 1. The van der Waals surface area contributed by atoms with E-state index in [1.54, 1.807) is 0 Å². The molecule has 0 aliphatic heterocycles. The van der Waals surface area contributed by atoms with E-state index in [0.29, 0.717) is 0 Å². The van der Waals surface area contributed by atoms with E-state index in [-0.39, 0.29) is 17.9 Å². The maximum absolute atomic E-state index is 12.7. The smallest absolute Gasteiger partial charge is 0.255 e. The highest BCUT2D eigenvalue weighted by Crippen LogP contribution is 2.17. The van der Waals surface area contributed by atoms with Gasteiger partial charge in [0, 0.05) is 26.7 Å². The van der Waals surface area contributed by atoms with Crippen molar-refractivity contribution in [3.8, 4) is 5.75 Å². The number of halogens is 1. The van der Waals surface area contributed by atoms with E-state index in [1.165, 1.54) is 14.1 Å². The first-order valence-corrected chi connectivity index (χ1v) is 7.02. The molecule has 0 saturated heterocycles. The van der Waals surface area contributed by atoms with Crippen molar-refractivity contribution >= 4 is 15.9 Å². The minimum absolute atomic E-state index is 0.101. The summed E-state index contributed by atoms with van der Waals surface area (Å²) in [5, 5.41) is 11.7. The number of carbonyl (C=O) groups is 1. The number of hydrogen-bond donors (Lipinski definition) is 2. The van der Waals surface area contributed by atoms with Crippen molar-refractivity contribution in [3.63, 3.8) is 0 Å². The Morgan fingerprint density at radius 1 is 1.42 bits per heavy atom. The highest BCUT2D eigenvalue weighted by molar-refractivity contribution is 7.89. The van der Waals surface area contributed by atoms with Crippen LogP contribution >= 0.6 is 0 Å². The molecule has 0 spiro atoms. The summed E-state index contributed by atoms with van der Waals surface area (Å²) in [5.74, 6) is -2.07. The van der Waals surface area contributed by atoms with E-state index in [0.717, 1.165) is 22.5 Å².